The van der Waals surface area contributed by atoms with Crippen LogP contribution in [0.1, 0.15) is 18.2 Å². The molecule has 2 heterocycles. The quantitative estimate of drug-likeness (QED) is 0.726. The molecular formula is C18H14ClN3O2. The van der Waals surface area contributed by atoms with Crippen LogP contribution in [0.25, 0.3) is 11.4 Å². The predicted molar refractivity (Wildman–Crippen MR) is 90.9 cm³/mol. The standard InChI is InChI=1S/C18H14ClN3O2/c19-15-9-5-4-8-14(15)17-20-18(24-21-17)12-10-16(23)22(11-12)13-6-2-1-3-7-13/h1-9,12H,10-11H2. The number of para-hydroxylation sites is 1. The molecule has 24 heavy (non-hydrogen) atoms. The molecule has 0 saturated carbocycles. The minimum atomic E-state index is -0.110. The van der Waals surface area contributed by atoms with Crippen LogP contribution in [0, 0.1) is 0 Å². The highest BCUT2D eigenvalue weighted by atomic mass is 35.5. The van der Waals surface area contributed by atoms with E-state index < -0.39 is 0 Å². The zero-order valence-electron chi connectivity index (χ0n) is 12.7. The van der Waals surface area contributed by atoms with Gasteiger partial charge in [0.1, 0.15) is 0 Å². The van der Waals surface area contributed by atoms with Gasteiger partial charge in [-0.1, -0.05) is 47.1 Å². The van der Waals surface area contributed by atoms with Crippen molar-refractivity contribution in [1.29, 1.82) is 0 Å². The first-order chi connectivity index (χ1) is 11.7. The summed E-state index contributed by atoms with van der Waals surface area (Å²) in [4.78, 5) is 18.5. The van der Waals surface area contributed by atoms with Gasteiger partial charge >= 0.3 is 0 Å². The topological polar surface area (TPSA) is 59.2 Å². The summed E-state index contributed by atoms with van der Waals surface area (Å²) < 4.78 is 5.39. The number of hydrogen-bond donors (Lipinski definition) is 0. The minimum absolute atomic E-state index is 0.0590. The molecule has 1 amide bonds. The summed E-state index contributed by atoms with van der Waals surface area (Å²) in [6.45, 7) is 0.535. The second kappa shape index (κ2) is 6.09. The number of amides is 1. The Bertz CT molecular complexity index is 879. The lowest BCUT2D eigenvalue weighted by Gasteiger charge is -2.15. The molecule has 1 fully saturated rings. The van der Waals surface area contributed by atoms with Crippen molar-refractivity contribution in [3.63, 3.8) is 0 Å². The molecule has 0 aliphatic carbocycles. The number of carbonyl (C=O) groups is 1. The van der Waals surface area contributed by atoms with Crippen LogP contribution in [-0.2, 0) is 4.79 Å². The van der Waals surface area contributed by atoms with E-state index in [0.717, 1.165) is 11.3 Å². The highest BCUT2D eigenvalue weighted by molar-refractivity contribution is 6.33. The molecule has 6 heteroatoms. The van der Waals surface area contributed by atoms with Crippen molar-refractivity contribution in [3.8, 4) is 11.4 Å². The number of halogens is 1. The lowest BCUT2D eigenvalue weighted by atomic mass is 10.1. The van der Waals surface area contributed by atoms with E-state index in [1.54, 1.807) is 11.0 Å². The van der Waals surface area contributed by atoms with E-state index in [9.17, 15) is 4.79 Å². The van der Waals surface area contributed by atoms with E-state index in [0.29, 0.717) is 29.7 Å². The summed E-state index contributed by atoms with van der Waals surface area (Å²) in [6.07, 6.45) is 0.360. The number of aromatic nitrogens is 2. The van der Waals surface area contributed by atoms with Crippen molar-refractivity contribution in [2.24, 2.45) is 0 Å². The number of benzene rings is 2. The molecule has 2 aromatic carbocycles. The summed E-state index contributed by atoms with van der Waals surface area (Å²) in [5.74, 6) is 0.864. The number of hydrogen-bond acceptors (Lipinski definition) is 4. The Balaban J connectivity index is 1.58. The van der Waals surface area contributed by atoms with Crippen LogP contribution < -0.4 is 4.90 Å². The van der Waals surface area contributed by atoms with Crippen molar-refractivity contribution in [2.45, 2.75) is 12.3 Å². The third-order valence-electron chi connectivity index (χ3n) is 4.10. The Morgan fingerprint density at radius 2 is 1.83 bits per heavy atom. The Morgan fingerprint density at radius 1 is 1.08 bits per heavy atom. The SMILES string of the molecule is O=C1CC(c2nc(-c3ccccc3Cl)no2)CN1c1ccccc1. The minimum Gasteiger partial charge on any atom is -0.339 e. The van der Waals surface area contributed by atoms with E-state index in [2.05, 4.69) is 10.1 Å². The van der Waals surface area contributed by atoms with Crippen molar-refractivity contribution in [2.75, 3.05) is 11.4 Å². The van der Waals surface area contributed by atoms with Crippen molar-refractivity contribution in [3.05, 3.63) is 65.5 Å². The van der Waals surface area contributed by atoms with Gasteiger partial charge in [-0.25, -0.2) is 0 Å². The van der Waals surface area contributed by atoms with Crippen LogP contribution >= 0.6 is 11.6 Å². The summed E-state index contributed by atoms with van der Waals surface area (Å²) in [5, 5.41) is 4.58. The molecule has 120 valence electrons. The number of rotatable bonds is 3. The van der Waals surface area contributed by atoms with Gasteiger partial charge in [0.15, 0.2) is 0 Å². The zero-order valence-corrected chi connectivity index (χ0v) is 13.5. The normalized spacial score (nSPS) is 17.5. The fourth-order valence-electron chi connectivity index (χ4n) is 2.88. The van der Waals surface area contributed by atoms with Gasteiger partial charge in [-0.2, -0.15) is 4.98 Å². The summed E-state index contributed by atoms with van der Waals surface area (Å²) in [6, 6.07) is 16.9. The maximum Gasteiger partial charge on any atom is 0.232 e. The molecule has 5 nitrogen and oxygen atoms in total. The van der Waals surface area contributed by atoms with Crippen LogP contribution in [0.2, 0.25) is 5.02 Å². The molecule has 1 saturated heterocycles. The van der Waals surface area contributed by atoms with E-state index in [-0.39, 0.29) is 11.8 Å². The molecule has 0 radical (unpaired) electrons. The van der Waals surface area contributed by atoms with E-state index >= 15 is 0 Å². The maximum atomic E-state index is 12.3. The molecule has 0 N–H and O–H groups in total. The Kier molecular flexibility index (Phi) is 3.78. The van der Waals surface area contributed by atoms with Gasteiger partial charge in [0.05, 0.1) is 10.9 Å². The molecule has 1 unspecified atom stereocenters. The molecule has 0 spiro atoms. The first kappa shape index (κ1) is 14.9. The Labute approximate surface area is 143 Å². The van der Waals surface area contributed by atoms with Crippen LogP contribution in [0.3, 0.4) is 0 Å². The fourth-order valence-corrected chi connectivity index (χ4v) is 3.10. The third-order valence-corrected chi connectivity index (χ3v) is 4.43. The average Bonchev–Trinajstić information content (AvgIpc) is 3.23. The summed E-state index contributed by atoms with van der Waals surface area (Å²) >= 11 is 6.17. The molecule has 1 aliphatic heterocycles. The third kappa shape index (κ3) is 2.67. The van der Waals surface area contributed by atoms with E-state index in [1.165, 1.54) is 0 Å². The van der Waals surface area contributed by atoms with Gasteiger partial charge in [0.25, 0.3) is 0 Å². The molecule has 1 aliphatic rings. The smallest absolute Gasteiger partial charge is 0.232 e. The lowest BCUT2D eigenvalue weighted by molar-refractivity contribution is -0.117. The van der Waals surface area contributed by atoms with Crippen LogP contribution in [0.4, 0.5) is 5.69 Å². The van der Waals surface area contributed by atoms with Gasteiger partial charge in [-0.05, 0) is 24.3 Å². The molecule has 4 rings (SSSR count). The number of nitrogens with zero attached hydrogens (tertiary/aromatic N) is 3. The van der Waals surface area contributed by atoms with Crippen molar-refractivity contribution in [1.82, 2.24) is 10.1 Å². The van der Waals surface area contributed by atoms with Crippen LogP contribution in [0.5, 0.6) is 0 Å². The Hall–Kier alpha value is -2.66. The van der Waals surface area contributed by atoms with Crippen molar-refractivity contribution < 1.29 is 9.32 Å². The molecule has 3 aromatic rings. The lowest BCUT2D eigenvalue weighted by Crippen LogP contribution is -2.24. The van der Waals surface area contributed by atoms with Gasteiger partial charge in [0.2, 0.25) is 17.6 Å². The maximum absolute atomic E-state index is 12.3. The van der Waals surface area contributed by atoms with Gasteiger partial charge in [0, 0.05) is 24.2 Å². The molecular weight excluding hydrogens is 326 g/mol. The second-order valence-corrected chi connectivity index (χ2v) is 6.08. The second-order valence-electron chi connectivity index (χ2n) is 5.68. The first-order valence-electron chi connectivity index (χ1n) is 7.66. The van der Waals surface area contributed by atoms with E-state index in [1.807, 2.05) is 48.5 Å². The summed E-state index contributed by atoms with van der Waals surface area (Å²) in [7, 11) is 0. The highest BCUT2D eigenvalue weighted by Crippen LogP contribution is 2.32. The highest BCUT2D eigenvalue weighted by Gasteiger charge is 2.35. The first-order valence-corrected chi connectivity index (χ1v) is 8.04. The van der Waals surface area contributed by atoms with Gasteiger partial charge in [-0.15, -0.1) is 0 Å². The largest absolute Gasteiger partial charge is 0.339 e. The van der Waals surface area contributed by atoms with Crippen LogP contribution in [0.15, 0.2) is 59.1 Å². The average molecular weight is 340 g/mol. The Morgan fingerprint density at radius 3 is 2.62 bits per heavy atom. The number of carbonyl (C=O) groups excluding carboxylic acids is 1. The van der Waals surface area contributed by atoms with Gasteiger partial charge < -0.3 is 9.42 Å². The molecule has 1 atom stereocenters. The number of anilines is 1. The van der Waals surface area contributed by atoms with E-state index in [4.69, 9.17) is 16.1 Å². The fraction of sp³-hybridized carbons (Fsp3) is 0.167. The molecule has 1 aromatic heterocycles. The molecule has 0 bridgehead atoms. The van der Waals surface area contributed by atoms with Crippen molar-refractivity contribution >= 4 is 23.2 Å². The van der Waals surface area contributed by atoms with Gasteiger partial charge in [-0.3, -0.25) is 4.79 Å². The zero-order chi connectivity index (χ0) is 16.5. The monoisotopic (exact) mass is 339 g/mol. The van der Waals surface area contributed by atoms with Crippen LogP contribution in [-0.4, -0.2) is 22.6 Å². The summed E-state index contributed by atoms with van der Waals surface area (Å²) in [5.41, 5.74) is 1.61. The predicted octanol–water partition coefficient (Wildman–Crippen LogP) is 3.91.